The summed E-state index contributed by atoms with van der Waals surface area (Å²) in [4.78, 5) is 13.8. The van der Waals surface area contributed by atoms with Crippen molar-refractivity contribution in [2.75, 3.05) is 14.2 Å². The Hall–Kier alpha value is -3.69. The van der Waals surface area contributed by atoms with Gasteiger partial charge in [-0.3, -0.25) is 4.57 Å². The Morgan fingerprint density at radius 3 is 2.30 bits per heavy atom. The van der Waals surface area contributed by atoms with Crippen LogP contribution in [-0.2, 0) is 0 Å². The number of aromatic nitrogens is 3. The van der Waals surface area contributed by atoms with Gasteiger partial charge in [-0.05, 0) is 60.4 Å². The zero-order valence-electron chi connectivity index (χ0n) is 18.0. The molecule has 0 saturated heterocycles. The van der Waals surface area contributed by atoms with Gasteiger partial charge in [-0.2, -0.15) is 4.98 Å². The van der Waals surface area contributed by atoms with Gasteiger partial charge in [-0.25, -0.2) is 9.98 Å². The molecule has 0 aliphatic heterocycles. The van der Waals surface area contributed by atoms with Gasteiger partial charge in [0.2, 0.25) is 4.77 Å². The molecule has 4 rings (SSSR count). The molecule has 7 nitrogen and oxygen atoms in total. The lowest BCUT2D eigenvalue weighted by Gasteiger charge is -2.16. The van der Waals surface area contributed by atoms with Crippen LogP contribution in [0.15, 0.2) is 89.0 Å². The molecule has 166 valence electrons. The van der Waals surface area contributed by atoms with E-state index in [1.165, 1.54) is 11.8 Å². The molecule has 1 aromatic heterocycles. The topological polar surface area (TPSA) is 87.5 Å². The summed E-state index contributed by atoms with van der Waals surface area (Å²) >= 11 is 6.87. The molecular weight excluding hydrogens is 454 g/mol. The Morgan fingerprint density at radius 1 is 0.909 bits per heavy atom. The first kappa shape index (κ1) is 22.5. The number of nitrogens with zero attached hydrogens (tertiary/aromatic N) is 4. The average Bonchev–Trinajstić information content (AvgIpc) is 2.85. The third-order valence-corrected chi connectivity index (χ3v) is 5.68. The van der Waals surface area contributed by atoms with E-state index in [9.17, 15) is 0 Å². The highest BCUT2D eigenvalue weighted by atomic mass is 32.2. The van der Waals surface area contributed by atoms with E-state index in [0.29, 0.717) is 38.0 Å². The van der Waals surface area contributed by atoms with E-state index in [0.717, 1.165) is 11.3 Å². The van der Waals surface area contributed by atoms with Crippen molar-refractivity contribution in [3.05, 3.63) is 83.6 Å². The van der Waals surface area contributed by atoms with Crippen LogP contribution in [0.5, 0.6) is 11.5 Å². The summed E-state index contributed by atoms with van der Waals surface area (Å²) in [6.07, 6.45) is 0. The van der Waals surface area contributed by atoms with Gasteiger partial charge >= 0.3 is 0 Å². The highest BCUT2D eigenvalue weighted by molar-refractivity contribution is 8.13. The number of nitrogens with two attached hydrogens (primary N) is 1. The molecule has 0 aliphatic rings. The summed E-state index contributed by atoms with van der Waals surface area (Å²) in [5.41, 5.74) is 8.56. The highest BCUT2D eigenvalue weighted by Crippen LogP contribution is 2.30. The second kappa shape index (κ2) is 10.3. The minimum atomic E-state index is 0.302. The molecule has 0 aliphatic carbocycles. The fourth-order valence-electron chi connectivity index (χ4n) is 3.09. The quantitative estimate of drug-likeness (QED) is 0.172. The lowest BCUT2D eigenvalue weighted by Crippen LogP contribution is -2.13. The molecule has 0 radical (unpaired) electrons. The molecule has 33 heavy (non-hydrogen) atoms. The third-order valence-electron chi connectivity index (χ3n) is 4.65. The number of hydrogen-bond donors (Lipinski definition) is 1. The average molecular weight is 476 g/mol. The summed E-state index contributed by atoms with van der Waals surface area (Å²) in [7, 11) is 3.22. The molecule has 9 heteroatoms. The molecule has 4 aromatic rings. The van der Waals surface area contributed by atoms with Crippen molar-refractivity contribution in [1.82, 2.24) is 14.5 Å². The second-order valence-electron chi connectivity index (χ2n) is 6.74. The van der Waals surface area contributed by atoms with Gasteiger partial charge in [0.1, 0.15) is 11.5 Å². The van der Waals surface area contributed by atoms with Crippen molar-refractivity contribution in [3.63, 3.8) is 0 Å². The largest absolute Gasteiger partial charge is 0.497 e. The SMILES string of the molecule is COc1ccc(N=C(N)Sc2nc(-c3ccccc3)nc(=S)n2-c2ccccc2OC)cc1. The fraction of sp³-hybridized carbons (Fsp3) is 0.0833. The number of para-hydroxylation sites is 2. The van der Waals surface area contributed by atoms with Crippen LogP contribution < -0.4 is 15.2 Å². The summed E-state index contributed by atoms with van der Waals surface area (Å²) < 4.78 is 12.8. The number of rotatable bonds is 6. The van der Waals surface area contributed by atoms with Crippen LogP contribution in [-0.4, -0.2) is 33.9 Å². The van der Waals surface area contributed by atoms with Gasteiger partial charge in [-0.15, -0.1) is 0 Å². The van der Waals surface area contributed by atoms with Gasteiger partial charge in [0.25, 0.3) is 0 Å². The molecular formula is C24H21N5O2S2. The molecule has 2 N–H and O–H groups in total. The van der Waals surface area contributed by atoms with Gasteiger partial charge in [0, 0.05) is 5.56 Å². The minimum Gasteiger partial charge on any atom is -0.497 e. The molecule has 0 amide bonds. The number of thioether (sulfide) groups is 1. The highest BCUT2D eigenvalue weighted by Gasteiger charge is 2.16. The second-order valence-corrected chi connectivity index (χ2v) is 8.09. The van der Waals surface area contributed by atoms with E-state index in [-0.39, 0.29) is 0 Å². The Kier molecular flexibility index (Phi) is 7.01. The Balaban J connectivity index is 1.82. The molecule has 1 heterocycles. The Bertz CT molecular complexity index is 1340. The van der Waals surface area contributed by atoms with Crippen LogP contribution in [0.4, 0.5) is 5.69 Å². The number of aliphatic imine (C=N–C) groups is 1. The fourth-order valence-corrected chi connectivity index (χ4v) is 4.17. The van der Waals surface area contributed by atoms with E-state index in [1.54, 1.807) is 18.8 Å². The predicted molar refractivity (Wildman–Crippen MR) is 134 cm³/mol. The third kappa shape index (κ3) is 5.21. The first-order chi connectivity index (χ1) is 16.1. The number of ether oxygens (including phenoxy) is 2. The maximum atomic E-state index is 6.31. The smallest absolute Gasteiger partial charge is 0.208 e. The first-order valence-electron chi connectivity index (χ1n) is 9.95. The molecule has 0 saturated carbocycles. The lowest BCUT2D eigenvalue weighted by molar-refractivity contribution is 0.411. The van der Waals surface area contributed by atoms with E-state index < -0.39 is 0 Å². The number of amidine groups is 1. The van der Waals surface area contributed by atoms with Crippen LogP contribution in [0.3, 0.4) is 0 Å². The molecule has 0 unspecified atom stereocenters. The Labute approximate surface area is 201 Å². The van der Waals surface area contributed by atoms with E-state index >= 15 is 0 Å². The van der Waals surface area contributed by atoms with Crippen LogP contribution in [0, 0.1) is 4.77 Å². The van der Waals surface area contributed by atoms with Crippen molar-refractivity contribution >= 4 is 34.8 Å². The molecule has 3 aromatic carbocycles. The van der Waals surface area contributed by atoms with E-state index in [4.69, 9.17) is 32.4 Å². The molecule has 0 atom stereocenters. The standard InChI is InChI=1S/C24H21N5O2S2/c1-30-18-14-12-17(13-15-18)26-22(25)33-24-28-21(16-8-4-3-5-9-16)27-23(32)29(24)19-10-6-7-11-20(19)31-2/h3-15H,1-2H3,(H2,25,26). The predicted octanol–water partition coefficient (Wildman–Crippen LogP) is 5.42. The maximum Gasteiger partial charge on any atom is 0.208 e. The normalized spacial score (nSPS) is 11.3. The van der Waals surface area contributed by atoms with Gasteiger partial charge in [0.15, 0.2) is 16.1 Å². The van der Waals surface area contributed by atoms with Crippen LogP contribution in [0.25, 0.3) is 17.1 Å². The van der Waals surface area contributed by atoms with Crippen molar-refractivity contribution in [2.24, 2.45) is 10.7 Å². The summed E-state index contributed by atoms with van der Waals surface area (Å²) in [5, 5.41) is 0.823. The summed E-state index contributed by atoms with van der Waals surface area (Å²) in [6, 6.07) is 24.5. The van der Waals surface area contributed by atoms with Crippen LogP contribution in [0.2, 0.25) is 0 Å². The van der Waals surface area contributed by atoms with Crippen LogP contribution in [0.1, 0.15) is 0 Å². The zero-order chi connectivity index (χ0) is 23.2. The summed E-state index contributed by atoms with van der Waals surface area (Å²) in [6.45, 7) is 0. The molecule has 0 bridgehead atoms. The zero-order valence-corrected chi connectivity index (χ0v) is 19.6. The minimum absolute atomic E-state index is 0.302. The first-order valence-corrected chi connectivity index (χ1v) is 11.2. The van der Waals surface area contributed by atoms with Gasteiger partial charge in [0.05, 0.1) is 25.6 Å². The monoisotopic (exact) mass is 475 g/mol. The van der Waals surface area contributed by atoms with E-state index in [1.807, 2.05) is 78.9 Å². The van der Waals surface area contributed by atoms with Gasteiger partial charge < -0.3 is 15.2 Å². The lowest BCUT2D eigenvalue weighted by atomic mass is 10.2. The number of hydrogen-bond acceptors (Lipinski definition) is 7. The van der Waals surface area contributed by atoms with Crippen molar-refractivity contribution in [3.8, 4) is 28.6 Å². The molecule has 0 fully saturated rings. The number of benzene rings is 3. The maximum absolute atomic E-state index is 6.31. The van der Waals surface area contributed by atoms with Crippen LogP contribution >= 0.6 is 24.0 Å². The van der Waals surface area contributed by atoms with Gasteiger partial charge in [-0.1, -0.05) is 42.5 Å². The summed E-state index contributed by atoms with van der Waals surface area (Å²) in [5.74, 6) is 1.89. The van der Waals surface area contributed by atoms with Crippen molar-refractivity contribution < 1.29 is 9.47 Å². The van der Waals surface area contributed by atoms with E-state index in [2.05, 4.69) is 9.98 Å². The van der Waals surface area contributed by atoms with Crippen molar-refractivity contribution in [1.29, 1.82) is 0 Å². The molecule has 0 spiro atoms. The van der Waals surface area contributed by atoms with Crippen molar-refractivity contribution in [2.45, 2.75) is 5.16 Å². The Morgan fingerprint density at radius 2 is 1.61 bits per heavy atom. The number of methoxy groups -OCH3 is 2.